The molecule has 1 saturated heterocycles. The molecule has 0 saturated carbocycles. The zero-order chi connectivity index (χ0) is 33.3. The number of nitrogens with one attached hydrogen (secondary N) is 1. The van der Waals surface area contributed by atoms with E-state index >= 15 is 0 Å². The molecule has 1 heterocycles. The molecular formula is C37H46LiN2O6S+. The van der Waals surface area contributed by atoms with E-state index in [0.717, 1.165) is 27.8 Å². The maximum atomic E-state index is 13.5. The van der Waals surface area contributed by atoms with Crippen LogP contribution in [0.25, 0.3) is 11.1 Å². The minimum atomic E-state index is -1.05. The van der Waals surface area contributed by atoms with Gasteiger partial charge < -0.3 is 24.8 Å². The molecule has 246 valence electrons. The molecule has 0 spiro atoms. The number of nitrogens with zero attached hydrogens (tertiary/aromatic N) is 1. The van der Waals surface area contributed by atoms with Gasteiger partial charge in [-0.2, -0.15) is 11.8 Å². The smallest absolute Gasteiger partial charge is 0.480 e. The topological polar surface area (TPSA) is 105 Å². The summed E-state index contributed by atoms with van der Waals surface area (Å²) in [7, 11) is 0. The van der Waals surface area contributed by atoms with Crippen molar-refractivity contribution in [2.24, 2.45) is 0 Å². The van der Waals surface area contributed by atoms with E-state index < -0.39 is 29.1 Å². The molecule has 4 rings (SSSR count). The van der Waals surface area contributed by atoms with E-state index in [9.17, 15) is 19.5 Å². The minimum Gasteiger partial charge on any atom is -0.480 e. The monoisotopic (exact) mass is 653 g/mol. The summed E-state index contributed by atoms with van der Waals surface area (Å²) in [6.07, 6.45) is 3.94. The van der Waals surface area contributed by atoms with Gasteiger partial charge in [-0.05, 0) is 98.9 Å². The van der Waals surface area contributed by atoms with E-state index in [1.54, 1.807) is 22.7 Å². The van der Waals surface area contributed by atoms with Crippen LogP contribution in [0.3, 0.4) is 0 Å². The van der Waals surface area contributed by atoms with Gasteiger partial charge in [0.15, 0.2) is 0 Å². The van der Waals surface area contributed by atoms with Crippen molar-refractivity contribution in [2.45, 2.75) is 77.2 Å². The number of ether oxygens (including phenoxy) is 2. The largest absolute Gasteiger partial charge is 1.00 e. The Morgan fingerprint density at radius 2 is 1.62 bits per heavy atom. The molecule has 1 aliphatic heterocycles. The van der Waals surface area contributed by atoms with Gasteiger partial charge in [-0.25, -0.2) is 9.59 Å². The number of hydrogen-bond donors (Lipinski definition) is 2. The summed E-state index contributed by atoms with van der Waals surface area (Å²) in [4.78, 5) is 40.0. The van der Waals surface area contributed by atoms with E-state index in [4.69, 9.17) is 9.47 Å². The molecule has 0 bridgehead atoms. The van der Waals surface area contributed by atoms with Crippen LogP contribution in [0.2, 0.25) is 0 Å². The number of thioether (sulfide) groups is 1. The summed E-state index contributed by atoms with van der Waals surface area (Å²) in [5.41, 5.74) is 4.04. The van der Waals surface area contributed by atoms with E-state index in [2.05, 4.69) is 17.4 Å². The molecule has 1 aliphatic rings. The number of carbonyl (C=O) groups excluding carboxylic acids is 2. The minimum absolute atomic E-state index is 0. The van der Waals surface area contributed by atoms with Crippen LogP contribution in [0.5, 0.6) is 0 Å². The second-order valence-electron chi connectivity index (χ2n) is 12.9. The van der Waals surface area contributed by atoms with Crippen LogP contribution >= 0.6 is 11.8 Å². The van der Waals surface area contributed by atoms with Gasteiger partial charge in [0.1, 0.15) is 11.6 Å². The van der Waals surface area contributed by atoms with Gasteiger partial charge in [-0.3, -0.25) is 4.79 Å². The Hall–Kier alpha value is -3.22. The maximum absolute atomic E-state index is 13.5. The molecule has 0 radical (unpaired) electrons. The molecule has 3 aromatic carbocycles. The predicted molar refractivity (Wildman–Crippen MR) is 183 cm³/mol. The summed E-state index contributed by atoms with van der Waals surface area (Å²) < 4.78 is 12.4. The zero-order valence-corrected chi connectivity index (χ0v) is 29.3. The predicted octanol–water partition coefficient (Wildman–Crippen LogP) is 4.13. The van der Waals surface area contributed by atoms with Gasteiger partial charge >= 0.3 is 30.9 Å². The van der Waals surface area contributed by atoms with Gasteiger partial charge in [0.25, 0.3) is 5.91 Å². The van der Waals surface area contributed by atoms with Crippen molar-refractivity contribution in [1.29, 1.82) is 0 Å². The Morgan fingerprint density at radius 1 is 0.957 bits per heavy atom. The molecule has 1 fully saturated rings. The molecule has 8 nitrogen and oxygen atoms in total. The summed E-state index contributed by atoms with van der Waals surface area (Å²) in [5, 5.41) is 12.5. The molecule has 3 aromatic rings. The van der Waals surface area contributed by atoms with E-state index in [1.165, 1.54) is 0 Å². The van der Waals surface area contributed by atoms with Crippen LogP contribution in [-0.2, 0) is 27.3 Å². The average molecular weight is 654 g/mol. The molecule has 1 atom stereocenters. The van der Waals surface area contributed by atoms with Crippen LogP contribution in [0.1, 0.15) is 67.1 Å². The number of amides is 2. The summed E-state index contributed by atoms with van der Waals surface area (Å²) in [6.45, 7) is 8.96. The van der Waals surface area contributed by atoms with Gasteiger partial charge in [0, 0.05) is 25.1 Å². The fourth-order valence-electron chi connectivity index (χ4n) is 5.71. The number of aliphatic carboxylic acids is 1. The Bertz CT molecular complexity index is 1500. The first-order valence-corrected chi connectivity index (χ1v) is 17.2. The first-order chi connectivity index (χ1) is 21.9. The van der Waals surface area contributed by atoms with Gasteiger partial charge in [0.2, 0.25) is 0 Å². The first kappa shape index (κ1) is 38.2. The van der Waals surface area contributed by atoms with Crippen LogP contribution in [0.4, 0.5) is 4.79 Å². The Labute approximate surface area is 295 Å². The van der Waals surface area contributed by atoms with E-state index in [-0.39, 0.29) is 25.0 Å². The Balaban J connectivity index is 0.00000600. The quantitative estimate of drug-likeness (QED) is 0.284. The molecule has 0 aliphatic carbocycles. The SMILES string of the molecule is CSCCC(NC(=O)c1ccc(COC2(Cc3ccccc3)CCN(C(=O)OC(C)(C)C)CC2)cc1-c1ccccc1C)C(=O)O.[Li+]. The number of carbonyl (C=O) groups is 3. The number of carboxylic acid groups (broad SMARTS) is 1. The third-order valence-corrected chi connectivity index (χ3v) is 8.86. The van der Waals surface area contributed by atoms with Crippen molar-refractivity contribution in [1.82, 2.24) is 10.2 Å². The second kappa shape index (κ2) is 17.3. The van der Waals surface area contributed by atoms with Crippen molar-refractivity contribution >= 4 is 29.7 Å². The number of likely N-dealkylation sites (tertiary alicyclic amines) is 1. The molecule has 10 heteroatoms. The van der Waals surface area contributed by atoms with Crippen molar-refractivity contribution in [3.63, 3.8) is 0 Å². The van der Waals surface area contributed by atoms with E-state index in [0.29, 0.717) is 56.7 Å². The standard InChI is InChI=1S/C37H46N2O6S.Li/c1-26-11-9-10-14-29(26)31-23-28(15-16-30(31)33(40)38-32(34(41)42)17-22-46-5)25-44-37(24-27-12-7-6-8-13-27)18-20-39(21-19-37)35(43)45-36(2,3)4;/h6-16,23,32H,17-22,24-25H2,1-5H3,(H,38,40)(H,41,42);/q;+1. The summed E-state index contributed by atoms with van der Waals surface area (Å²) in [6, 6.07) is 22.7. The van der Waals surface area contributed by atoms with Crippen LogP contribution in [-0.4, -0.2) is 70.3 Å². The van der Waals surface area contributed by atoms with Gasteiger partial charge in [0.05, 0.1) is 12.2 Å². The van der Waals surface area contributed by atoms with Crippen LogP contribution in [0, 0.1) is 6.92 Å². The molecule has 2 N–H and O–H groups in total. The Morgan fingerprint density at radius 3 is 2.23 bits per heavy atom. The van der Waals surface area contributed by atoms with Crippen LogP contribution < -0.4 is 24.2 Å². The number of hydrogen-bond acceptors (Lipinski definition) is 6. The van der Waals surface area contributed by atoms with E-state index in [1.807, 2.05) is 88.5 Å². The summed E-state index contributed by atoms with van der Waals surface area (Å²) >= 11 is 1.54. The third-order valence-electron chi connectivity index (χ3n) is 8.22. The zero-order valence-electron chi connectivity index (χ0n) is 28.5. The first-order valence-electron chi connectivity index (χ1n) is 15.8. The number of carboxylic acids is 1. The second-order valence-corrected chi connectivity index (χ2v) is 13.9. The molecule has 2 amide bonds. The number of rotatable bonds is 12. The van der Waals surface area contributed by atoms with Gasteiger partial charge in [-0.15, -0.1) is 0 Å². The number of benzene rings is 3. The summed E-state index contributed by atoms with van der Waals surface area (Å²) in [5.74, 6) is -0.848. The number of aryl methyl sites for hydroxylation is 1. The average Bonchev–Trinajstić information content (AvgIpc) is 3.02. The van der Waals surface area contributed by atoms with Crippen molar-refractivity contribution < 1.29 is 47.8 Å². The fraction of sp³-hybridized carbons (Fsp3) is 0.432. The van der Waals surface area contributed by atoms with Gasteiger partial charge in [-0.1, -0.05) is 60.7 Å². The van der Waals surface area contributed by atoms with Crippen LogP contribution in [0.15, 0.2) is 72.8 Å². The third kappa shape index (κ3) is 10.9. The number of piperidine rings is 1. The van der Waals surface area contributed by atoms with Crippen molar-refractivity contribution in [3.05, 3.63) is 95.1 Å². The molecule has 0 aromatic heterocycles. The Kier molecular flexibility index (Phi) is 14.0. The molecule has 1 unspecified atom stereocenters. The normalized spacial score (nSPS) is 14.9. The van der Waals surface area contributed by atoms with Crippen molar-refractivity contribution in [2.75, 3.05) is 25.1 Å². The maximum Gasteiger partial charge on any atom is 1.00 e. The molecule has 47 heavy (non-hydrogen) atoms. The fourth-order valence-corrected chi connectivity index (χ4v) is 6.18. The van der Waals surface area contributed by atoms with Crippen molar-refractivity contribution in [3.8, 4) is 11.1 Å². The molecular weight excluding hydrogens is 607 g/mol.